The fraction of sp³-hybridized carbons (Fsp3) is 0.231. The third kappa shape index (κ3) is 3.05. The standard InChI is InChI=1S/C13H12FN3O3/c1-7-15-11(6-12(18)19)17-13(16-7)8-3-4-10(20-2)9(14)5-8/h3-5H,6H2,1-2H3,(H,18,19). The van der Waals surface area contributed by atoms with Gasteiger partial charge in [-0.05, 0) is 25.1 Å². The Morgan fingerprint density at radius 2 is 2.10 bits per heavy atom. The number of aromatic nitrogens is 3. The molecule has 0 fully saturated rings. The second kappa shape index (κ2) is 5.60. The molecule has 104 valence electrons. The summed E-state index contributed by atoms with van der Waals surface area (Å²) in [5, 5.41) is 8.75. The molecule has 2 aromatic rings. The van der Waals surface area contributed by atoms with Crippen molar-refractivity contribution in [2.75, 3.05) is 7.11 Å². The lowest BCUT2D eigenvalue weighted by Crippen LogP contribution is -2.08. The Kier molecular flexibility index (Phi) is 3.88. The van der Waals surface area contributed by atoms with Crippen molar-refractivity contribution < 1.29 is 19.0 Å². The van der Waals surface area contributed by atoms with Crippen LogP contribution in [0.3, 0.4) is 0 Å². The SMILES string of the molecule is COc1ccc(-c2nc(C)nc(CC(=O)O)n2)cc1F. The summed E-state index contributed by atoms with van der Waals surface area (Å²) in [4.78, 5) is 22.7. The van der Waals surface area contributed by atoms with Gasteiger partial charge in [-0.3, -0.25) is 4.79 Å². The van der Waals surface area contributed by atoms with Gasteiger partial charge in [0, 0.05) is 5.56 Å². The molecule has 1 aromatic carbocycles. The van der Waals surface area contributed by atoms with Crippen LogP contribution in [0.5, 0.6) is 5.75 Å². The summed E-state index contributed by atoms with van der Waals surface area (Å²) < 4.78 is 18.5. The number of methoxy groups -OCH3 is 1. The Bertz CT molecular complexity index is 661. The Morgan fingerprint density at radius 3 is 2.70 bits per heavy atom. The van der Waals surface area contributed by atoms with Crippen LogP contribution in [0, 0.1) is 12.7 Å². The van der Waals surface area contributed by atoms with Gasteiger partial charge >= 0.3 is 5.97 Å². The van der Waals surface area contributed by atoms with Crippen molar-refractivity contribution in [2.24, 2.45) is 0 Å². The van der Waals surface area contributed by atoms with Crippen molar-refractivity contribution in [1.82, 2.24) is 15.0 Å². The maximum atomic E-state index is 13.7. The van der Waals surface area contributed by atoms with Crippen LogP contribution in [0.15, 0.2) is 18.2 Å². The molecule has 2 rings (SSSR count). The van der Waals surface area contributed by atoms with Crippen molar-refractivity contribution >= 4 is 5.97 Å². The zero-order valence-electron chi connectivity index (χ0n) is 10.9. The van der Waals surface area contributed by atoms with Crippen molar-refractivity contribution in [3.8, 4) is 17.1 Å². The van der Waals surface area contributed by atoms with Crippen LogP contribution in [-0.4, -0.2) is 33.1 Å². The van der Waals surface area contributed by atoms with Crippen LogP contribution in [0.4, 0.5) is 4.39 Å². The number of ether oxygens (including phenoxy) is 1. The van der Waals surface area contributed by atoms with E-state index in [0.717, 1.165) is 0 Å². The molecule has 0 aliphatic carbocycles. The summed E-state index contributed by atoms with van der Waals surface area (Å²) in [6.45, 7) is 1.62. The molecule has 0 amide bonds. The Morgan fingerprint density at radius 1 is 1.35 bits per heavy atom. The minimum absolute atomic E-state index is 0.116. The maximum absolute atomic E-state index is 13.7. The lowest BCUT2D eigenvalue weighted by atomic mass is 10.2. The molecule has 0 saturated heterocycles. The average molecular weight is 277 g/mol. The average Bonchev–Trinajstić information content (AvgIpc) is 2.37. The van der Waals surface area contributed by atoms with E-state index in [4.69, 9.17) is 9.84 Å². The minimum atomic E-state index is -1.04. The molecule has 1 heterocycles. The van der Waals surface area contributed by atoms with E-state index in [0.29, 0.717) is 11.4 Å². The third-order valence-corrected chi connectivity index (χ3v) is 2.51. The van der Waals surface area contributed by atoms with E-state index in [-0.39, 0.29) is 23.8 Å². The second-order valence-electron chi connectivity index (χ2n) is 4.04. The highest BCUT2D eigenvalue weighted by Crippen LogP contribution is 2.23. The molecule has 0 aliphatic heterocycles. The van der Waals surface area contributed by atoms with Crippen LogP contribution in [-0.2, 0) is 11.2 Å². The van der Waals surface area contributed by atoms with Crippen molar-refractivity contribution in [3.05, 3.63) is 35.7 Å². The first-order valence-corrected chi connectivity index (χ1v) is 5.77. The van der Waals surface area contributed by atoms with E-state index in [1.165, 1.54) is 19.2 Å². The van der Waals surface area contributed by atoms with Crippen LogP contribution in [0.2, 0.25) is 0 Å². The summed E-state index contributed by atoms with van der Waals surface area (Å²) in [7, 11) is 1.37. The molecule has 20 heavy (non-hydrogen) atoms. The Labute approximate surface area is 114 Å². The predicted octanol–water partition coefficient (Wildman–Crippen LogP) is 1.62. The largest absolute Gasteiger partial charge is 0.494 e. The summed E-state index contributed by atoms with van der Waals surface area (Å²) in [5.74, 6) is -0.718. The number of carboxylic acid groups (broad SMARTS) is 1. The number of hydrogen-bond donors (Lipinski definition) is 1. The lowest BCUT2D eigenvalue weighted by Gasteiger charge is -2.06. The van der Waals surface area contributed by atoms with E-state index in [2.05, 4.69) is 15.0 Å². The topological polar surface area (TPSA) is 85.2 Å². The first-order chi connectivity index (χ1) is 9.49. The fourth-order valence-corrected chi connectivity index (χ4v) is 1.69. The van der Waals surface area contributed by atoms with E-state index in [1.54, 1.807) is 13.0 Å². The molecule has 1 N–H and O–H groups in total. The number of aryl methyl sites for hydroxylation is 1. The highest BCUT2D eigenvalue weighted by Gasteiger charge is 2.11. The fourth-order valence-electron chi connectivity index (χ4n) is 1.69. The van der Waals surface area contributed by atoms with Gasteiger partial charge in [0.1, 0.15) is 18.1 Å². The van der Waals surface area contributed by atoms with Crippen LogP contribution in [0.25, 0.3) is 11.4 Å². The van der Waals surface area contributed by atoms with Gasteiger partial charge in [-0.2, -0.15) is 0 Å². The Balaban J connectivity index is 2.44. The molecule has 0 radical (unpaired) electrons. The molecular formula is C13H12FN3O3. The zero-order valence-corrected chi connectivity index (χ0v) is 10.9. The quantitative estimate of drug-likeness (QED) is 0.914. The number of carbonyl (C=O) groups is 1. The van der Waals surface area contributed by atoms with Crippen molar-refractivity contribution in [1.29, 1.82) is 0 Å². The molecule has 0 aliphatic rings. The molecule has 0 spiro atoms. The highest BCUT2D eigenvalue weighted by molar-refractivity contribution is 5.69. The summed E-state index contributed by atoms with van der Waals surface area (Å²) in [6, 6.07) is 4.29. The molecule has 1 aromatic heterocycles. The molecular weight excluding hydrogens is 265 g/mol. The van der Waals surface area contributed by atoms with Gasteiger partial charge in [-0.15, -0.1) is 0 Å². The Hall–Kier alpha value is -2.57. The second-order valence-corrected chi connectivity index (χ2v) is 4.04. The number of benzene rings is 1. The van der Waals surface area contributed by atoms with Crippen molar-refractivity contribution in [3.63, 3.8) is 0 Å². The first-order valence-electron chi connectivity index (χ1n) is 5.77. The summed E-state index contributed by atoms with van der Waals surface area (Å²) >= 11 is 0. The molecule has 0 bridgehead atoms. The van der Waals surface area contributed by atoms with E-state index >= 15 is 0 Å². The molecule has 0 unspecified atom stereocenters. The highest BCUT2D eigenvalue weighted by atomic mass is 19.1. The van der Waals surface area contributed by atoms with Gasteiger partial charge < -0.3 is 9.84 Å². The number of carboxylic acids is 1. The van der Waals surface area contributed by atoms with Gasteiger partial charge in [0.05, 0.1) is 7.11 Å². The van der Waals surface area contributed by atoms with Gasteiger partial charge in [-0.1, -0.05) is 0 Å². The number of hydrogen-bond acceptors (Lipinski definition) is 5. The summed E-state index contributed by atoms with van der Waals surface area (Å²) in [6.07, 6.45) is -0.311. The maximum Gasteiger partial charge on any atom is 0.311 e. The number of aliphatic carboxylic acids is 1. The third-order valence-electron chi connectivity index (χ3n) is 2.51. The van der Waals surface area contributed by atoms with Gasteiger partial charge in [0.15, 0.2) is 17.4 Å². The smallest absolute Gasteiger partial charge is 0.311 e. The van der Waals surface area contributed by atoms with Gasteiger partial charge in [0.25, 0.3) is 0 Å². The van der Waals surface area contributed by atoms with Crippen LogP contribution in [0.1, 0.15) is 11.6 Å². The zero-order chi connectivity index (χ0) is 14.7. The van der Waals surface area contributed by atoms with E-state index < -0.39 is 11.8 Å². The van der Waals surface area contributed by atoms with Crippen LogP contribution < -0.4 is 4.74 Å². The van der Waals surface area contributed by atoms with Gasteiger partial charge in [0.2, 0.25) is 0 Å². The van der Waals surface area contributed by atoms with E-state index in [9.17, 15) is 9.18 Å². The summed E-state index contributed by atoms with van der Waals surface area (Å²) in [5.41, 5.74) is 0.431. The number of halogens is 1. The monoisotopic (exact) mass is 277 g/mol. The van der Waals surface area contributed by atoms with Crippen LogP contribution >= 0.6 is 0 Å². The predicted molar refractivity (Wildman–Crippen MR) is 67.8 cm³/mol. The number of nitrogens with zero attached hydrogens (tertiary/aromatic N) is 3. The molecule has 0 saturated carbocycles. The normalized spacial score (nSPS) is 10.3. The minimum Gasteiger partial charge on any atom is -0.494 e. The molecule has 0 atom stereocenters. The lowest BCUT2D eigenvalue weighted by molar-refractivity contribution is -0.136. The van der Waals surface area contributed by atoms with Crippen molar-refractivity contribution in [2.45, 2.75) is 13.3 Å². The molecule has 6 nitrogen and oxygen atoms in total. The first kappa shape index (κ1) is 13.9. The van der Waals surface area contributed by atoms with Gasteiger partial charge in [-0.25, -0.2) is 19.3 Å². The molecule has 7 heteroatoms. The van der Waals surface area contributed by atoms with E-state index in [1.807, 2.05) is 0 Å². The number of rotatable bonds is 4.